The van der Waals surface area contributed by atoms with Crippen LogP contribution in [0, 0.1) is 0 Å². The highest BCUT2D eigenvalue weighted by molar-refractivity contribution is 5.83. The molecule has 6 nitrogen and oxygen atoms in total. The molecule has 0 fully saturated rings. The summed E-state index contributed by atoms with van der Waals surface area (Å²) in [4.78, 5) is 24.3. The summed E-state index contributed by atoms with van der Waals surface area (Å²) in [5.74, 6) is 0.0771. The number of esters is 1. The second kappa shape index (κ2) is 10.2. The molecule has 0 saturated heterocycles. The Morgan fingerprint density at radius 1 is 1.00 bits per heavy atom. The molecule has 0 spiro atoms. The zero-order valence-electron chi connectivity index (χ0n) is 15.9. The van der Waals surface area contributed by atoms with Gasteiger partial charge in [-0.1, -0.05) is 43.3 Å². The molecule has 1 N–H and O–H groups in total. The van der Waals surface area contributed by atoms with E-state index < -0.39 is 5.97 Å². The first kappa shape index (κ1) is 20.3. The zero-order chi connectivity index (χ0) is 19.6. The van der Waals surface area contributed by atoms with Crippen LogP contribution < -0.4 is 14.8 Å². The maximum absolute atomic E-state index is 12.3. The fourth-order valence-corrected chi connectivity index (χ4v) is 2.70. The molecule has 2 aromatic rings. The van der Waals surface area contributed by atoms with E-state index in [0.717, 1.165) is 11.1 Å². The van der Waals surface area contributed by atoms with Gasteiger partial charge in [0.25, 0.3) is 5.91 Å². The fraction of sp³-hybridized carbons (Fsp3) is 0.333. The van der Waals surface area contributed by atoms with E-state index >= 15 is 0 Å². The summed E-state index contributed by atoms with van der Waals surface area (Å²) >= 11 is 0. The van der Waals surface area contributed by atoms with Crippen molar-refractivity contribution in [2.75, 3.05) is 20.8 Å². The summed E-state index contributed by atoms with van der Waals surface area (Å²) in [5, 5.41) is 2.73. The smallest absolute Gasteiger partial charge is 0.313 e. The van der Waals surface area contributed by atoms with Crippen molar-refractivity contribution in [1.29, 1.82) is 0 Å². The molecule has 0 radical (unpaired) electrons. The van der Waals surface area contributed by atoms with Crippen molar-refractivity contribution >= 4 is 11.9 Å². The molecule has 27 heavy (non-hydrogen) atoms. The molecule has 1 amide bonds. The van der Waals surface area contributed by atoms with Gasteiger partial charge in [0, 0.05) is 6.54 Å². The Bertz CT molecular complexity index is 760. The summed E-state index contributed by atoms with van der Waals surface area (Å²) in [7, 11) is 3.11. The molecule has 2 rings (SSSR count). The van der Waals surface area contributed by atoms with Crippen molar-refractivity contribution in [3.63, 3.8) is 0 Å². The molecule has 0 bridgehead atoms. The Hall–Kier alpha value is -3.02. The average molecular weight is 371 g/mol. The normalized spacial score (nSPS) is 11.4. The van der Waals surface area contributed by atoms with Gasteiger partial charge in [0.2, 0.25) is 0 Å². The summed E-state index contributed by atoms with van der Waals surface area (Å²) in [6, 6.07) is 14.8. The molecule has 0 aliphatic rings. The van der Waals surface area contributed by atoms with Crippen LogP contribution >= 0.6 is 0 Å². The lowest BCUT2D eigenvalue weighted by Crippen LogP contribution is -2.29. The highest BCUT2D eigenvalue weighted by atomic mass is 16.5. The minimum atomic E-state index is -0.398. The number of methoxy groups -OCH3 is 2. The monoisotopic (exact) mass is 371 g/mol. The van der Waals surface area contributed by atoms with Crippen molar-refractivity contribution in [2.45, 2.75) is 25.8 Å². The number of benzene rings is 2. The number of amides is 1. The van der Waals surface area contributed by atoms with E-state index in [9.17, 15) is 9.59 Å². The van der Waals surface area contributed by atoms with Gasteiger partial charge in [0.15, 0.2) is 18.1 Å². The van der Waals surface area contributed by atoms with E-state index in [2.05, 4.69) is 5.32 Å². The van der Waals surface area contributed by atoms with Crippen molar-refractivity contribution in [2.24, 2.45) is 0 Å². The summed E-state index contributed by atoms with van der Waals surface area (Å²) in [5.41, 5.74) is 1.73. The Morgan fingerprint density at radius 2 is 1.70 bits per heavy atom. The van der Waals surface area contributed by atoms with Crippen LogP contribution in [0.4, 0.5) is 0 Å². The molecule has 0 saturated carbocycles. The fourth-order valence-electron chi connectivity index (χ4n) is 2.70. The SMILES string of the molecule is CC[C@@H](C(=O)OCC(=O)NCc1ccc(OC)c(OC)c1)c1ccccc1. The second-order valence-electron chi connectivity index (χ2n) is 5.95. The minimum Gasteiger partial charge on any atom is -0.493 e. The predicted molar refractivity (Wildman–Crippen MR) is 102 cm³/mol. The van der Waals surface area contributed by atoms with Gasteiger partial charge in [0.1, 0.15) is 0 Å². The van der Waals surface area contributed by atoms with Crippen LogP contribution in [-0.4, -0.2) is 32.7 Å². The van der Waals surface area contributed by atoms with E-state index in [-0.39, 0.29) is 18.4 Å². The van der Waals surface area contributed by atoms with Crippen molar-refractivity contribution in [3.05, 3.63) is 59.7 Å². The van der Waals surface area contributed by atoms with Crippen LogP contribution in [0.25, 0.3) is 0 Å². The zero-order valence-corrected chi connectivity index (χ0v) is 15.9. The van der Waals surface area contributed by atoms with E-state index in [1.165, 1.54) is 0 Å². The molecule has 6 heteroatoms. The van der Waals surface area contributed by atoms with E-state index in [4.69, 9.17) is 14.2 Å². The summed E-state index contributed by atoms with van der Waals surface area (Å²) < 4.78 is 15.6. The quantitative estimate of drug-likeness (QED) is 0.686. The van der Waals surface area contributed by atoms with E-state index in [1.54, 1.807) is 26.4 Å². The molecule has 0 aliphatic heterocycles. The van der Waals surface area contributed by atoms with Crippen LogP contribution in [-0.2, 0) is 20.9 Å². The molecule has 0 unspecified atom stereocenters. The second-order valence-corrected chi connectivity index (χ2v) is 5.95. The topological polar surface area (TPSA) is 73.9 Å². The number of ether oxygens (including phenoxy) is 3. The maximum atomic E-state index is 12.3. The van der Waals surface area contributed by atoms with Gasteiger partial charge >= 0.3 is 5.97 Å². The van der Waals surface area contributed by atoms with Crippen molar-refractivity contribution in [1.82, 2.24) is 5.32 Å². The van der Waals surface area contributed by atoms with Gasteiger partial charge in [-0.15, -0.1) is 0 Å². The molecule has 0 aromatic heterocycles. The van der Waals surface area contributed by atoms with E-state index in [0.29, 0.717) is 24.5 Å². The number of hydrogen-bond acceptors (Lipinski definition) is 5. The first-order chi connectivity index (χ1) is 13.1. The summed E-state index contributed by atoms with van der Waals surface area (Å²) in [6.07, 6.45) is 0.607. The van der Waals surface area contributed by atoms with Gasteiger partial charge < -0.3 is 19.5 Å². The third-order valence-corrected chi connectivity index (χ3v) is 4.18. The lowest BCUT2D eigenvalue weighted by Gasteiger charge is -2.14. The van der Waals surface area contributed by atoms with Crippen LogP contribution in [0.3, 0.4) is 0 Å². The van der Waals surface area contributed by atoms with Crippen LogP contribution in [0.5, 0.6) is 11.5 Å². The number of rotatable bonds is 9. The van der Waals surface area contributed by atoms with Gasteiger partial charge in [0.05, 0.1) is 20.1 Å². The third kappa shape index (κ3) is 5.74. The van der Waals surface area contributed by atoms with Gasteiger partial charge in [-0.25, -0.2) is 0 Å². The first-order valence-corrected chi connectivity index (χ1v) is 8.78. The van der Waals surface area contributed by atoms with Crippen LogP contribution in [0.2, 0.25) is 0 Å². The Balaban J connectivity index is 1.84. The molecular weight excluding hydrogens is 346 g/mol. The number of carbonyl (C=O) groups is 2. The third-order valence-electron chi connectivity index (χ3n) is 4.18. The molecule has 144 valence electrons. The van der Waals surface area contributed by atoms with Gasteiger partial charge in [-0.3, -0.25) is 9.59 Å². The Morgan fingerprint density at radius 3 is 2.33 bits per heavy atom. The van der Waals surface area contributed by atoms with Crippen molar-refractivity contribution in [3.8, 4) is 11.5 Å². The minimum absolute atomic E-state index is 0.298. The average Bonchev–Trinajstić information content (AvgIpc) is 2.71. The predicted octanol–water partition coefficient (Wildman–Crippen LogP) is 3.06. The van der Waals surface area contributed by atoms with Crippen molar-refractivity contribution < 1.29 is 23.8 Å². The molecule has 2 aromatic carbocycles. The lowest BCUT2D eigenvalue weighted by atomic mass is 9.97. The molecule has 1 atom stereocenters. The molecule has 0 aliphatic carbocycles. The molecular formula is C21H25NO5. The lowest BCUT2D eigenvalue weighted by molar-refractivity contribution is -0.150. The first-order valence-electron chi connectivity index (χ1n) is 8.78. The standard InChI is InChI=1S/C21H25NO5/c1-4-17(16-8-6-5-7-9-16)21(24)27-14-20(23)22-13-15-10-11-18(25-2)19(12-15)26-3/h5-12,17H,4,13-14H2,1-3H3,(H,22,23)/t17-/m1/s1. The Labute approximate surface area is 159 Å². The highest BCUT2D eigenvalue weighted by Crippen LogP contribution is 2.27. The maximum Gasteiger partial charge on any atom is 0.313 e. The molecule has 0 heterocycles. The largest absolute Gasteiger partial charge is 0.493 e. The van der Waals surface area contributed by atoms with Gasteiger partial charge in [-0.05, 0) is 29.7 Å². The van der Waals surface area contributed by atoms with Crippen LogP contribution in [0.15, 0.2) is 48.5 Å². The number of hydrogen-bond donors (Lipinski definition) is 1. The Kier molecular flexibility index (Phi) is 7.67. The number of carbonyl (C=O) groups excluding carboxylic acids is 2. The number of nitrogens with one attached hydrogen (secondary N) is 1. The highest BCUT2D eigenvalue weighted by Gasteiger charge is 2.20. The summed E-state index contributed by atoms with van der Waals surface area (Å²) in [6.45, 7) is 1.90. The van der Waals surface area contributed by atoms with Gasteiger partial charge in [-0.2, -0.15) is 0 Å². The van der Waals surface area contributed by atoms with E-state index in [1.807, 2.05) is 43.3 Å². The van der Waals surface area contributed by atoms with Crippen LogP contribution in [0.1, 0.15) is 30.4 Å².